The predicted octanol–water partition coefficient (Wildman–Crippen LogP) is 2.14. The maximum Gasteiger partial charge on any atom is 0.272 e. The van der Waals surface area contributed by atoms with Crippen molar-refractivity contribution in [2.24, 2.45) is 5.73 Å². The Morgan fingerprint density at radius 1 is 1.30 bits per heavy atom. The number of aryl methyl sites for hydroxylation is 1. The van der Waals surface area contributed by atoms with Gasteiger partial charge < -0.3 is 11.1 Å². The van der Waals surface area contributed by atoms with Crippen molar-refractivity contribution >= 4 is 5.91 Å². The average Bonchev–Trinajstić information content (AvgIpc) is 3.10. The Morgan fingerprint density at radius 2 is 2.00 bits per heavy atom. The van der Waals surface area contributed by atoms with E-state index in [1.165, 1.54) is 5.56 Å². The zero-order chi connectivity index (χ0) is 16.6. The summed E-state index contributed by atoms with van der Waals surface area (Å²) in [5.41, 5.74) is 10.3. The second kappa shape index (κ2) is 5.81. The SMILES string of the molecule is Cc1ccc(-n2nc(C(=O)NC(C)(C)CN)c3c2CCC3)cc1. The van der Waals surface area contributed by atoms with Crippen molar-refractivity contribution < 1.29 is 4.79 Å². The van der Waals surface area contributed by atoms with Gasteiger partial charge in [0.1, 0.15) is 0 Å². The van der Waals surface area contributed by atoms with E-state index in [1.807, 2.05) is 30.7 Å². The number of aromatic nitrogens is 2. The smallest absolute Gasteiger partial charge is 0.272 e. The average molecular weight is 312 g/mol. The Balaban J connectivity index is 1.99. The molecule has 0 saturated carbocycles. The normalized spacial score (nSPS) is 13.9. The Hall–Kier alpha value is -2.14. The number of carbonyl (C=O) groups excluding carboxylic acids is 1. The second-order valence-corrected chi connectivity index (χ2v) is 6.92. The number of hydrogen-bond acceptors (Lipinski definition) is 3. The Morgan fingerprint density at radius 3 is 2.65 bits per heavy atom. The predicted molar refractivity (Wildman–Crippen MR) is 90.9 cm³/mol. The molecular formula is C18H24N4O. The molecule has 0 atom stereocenters. The Kier molecular flexibility index (Phi) is 3.98. The van der Waals surface area contributed by atoms with Gasteiger partial charge in [-0.25, -0.2) is 4.68 Å². The van der Waals surface area contributed by atoms with Gasteiger partial charge in [0.2, 0.25) is 0 Å². The molecule has 0 radical (unpaired) electrons. The van der Waals surface area contributed by atoms with E-state index >= 15 is 0 Å². The molecule has 1 amide bonds. The number of rotatable bonds is 4. The van der Waals surface area contributed by atoms with Crippen molar-refractivity contribution in [3.05, 3.63) is 46.8 Å². The highest BCUT2D eigenvalue weighted by Gasteiger charge is 2.29. The summed E-state index contributed by atoms with van der Waals surface area (Å²) in [5.74, 6) is -0.135. The van der Waals surface area contributed by atoms with Gasteiger partial charge >= 0.3 is 0 Å². The van der Waals surface area contributed by atoms with Crippen LogP contribution in [0.5, 0.6) is 0 Å². The molecule has 1 aromatic heterocycles. The first-order valence-corrected chi connectivity index (χ1v) is 8.12. The molecule has 0 unspecified atom stereocenters. The van der Waals surface area contributed by atoms with Crippen molar-refractivity contribution in [2.45, 2.75) is 45.6 Å². The summed E-state index contributed by atoms with van der Waals surface area (Å²) >= 11 is 0. The second-order valence-electron chi connectivity index (χ2n) is 6.92. The van der Waals surface area contributed by atoms with Crippen LogP contribution in [-0.2, 0) is 12.8 Å². The van der Waals surface area contributed by atoms with E-state index in [1.54, 1.807) is 0 Å². The lowest BCUT2D eigenvalue weighted by Crippen LogP contribution is -2.49. The molecule has 23 heavy (non-hydrogen) atoms. The van der Waals surface area contributed by atoms with Crippen LogP contribution in [0.25, 0.3) is 5.69 Å². The van der Waals surface area contributed by atoms with E-state index in [2.05, 4.69) is 29.5 Å². The van der Waals surface area contributed by atoms with Crippen LogP contribution >= 0.6 is 0 Å². The van der Waals surface area contributed by atoms with E-state index in [0.717, 1.165) is 36.2 Å². The monoisotopic (exact) mass is 312 g/mol. The van der Waals surface area contributed by atoms with Crippen molar-refractivity contribution in [1.29, 1.82) is 0 Å². The quantitative estimate of drug-likeness (QED) is 0.908. The maximum atomic E-state index is 12.6. The van der Waals surface area contributed by atoms with Crippen molar-refractivity contribution in [2.75, 3.05) is 6.54 Å². The number of amides is 1. The van der Waals surface area contributed by atoms with Crippen LogP contribution in [0, 0.1) is 6.92 Å². The molecule has 1 heterocycles. The third-order valence-electron chi connectivity index (χ3n) is 4.39. The van der Waals surface area contributed by atoms with Gasteiger partial charge in [-0.2, -0.15) is 5.10 Å². The van der Waals surface area contributed by atoms with Crippen LogP contribution in [0.4, 0.5) is 0 Å². The first-order chi connectivity index (χ1) is 10.9. The third-order valence-corrected chi connectivity index (χ3v) is 4.39. The molecule has 122 valence electrons. The van der Waals surface area contributed by atoms with Gasteiger partial charge in [0.15, 0.2) is 5.69 Å². The highest BCUT2D eigenvalue weighted by Crippen LogP contribution is 2.28. The van der Waals surface area contributed by atoms with Gasteiger partial charge in [-0.3, -0.25) is 4.79 Å². The fourth-order valence-electron chi connectivity index (χ4n) is 2.94. The van der Waals surface area contributed by atoms with Crippen molar-refractivity contribution in [1.82, 2.24) is 15.1 Å². The van der Waals surface area contributed by atoms with E-state index in [-0.39, 0.29) is 5.91 Å². The van der Waals surface area contributed by atoms with Gasteiger partial charge in [0.25, 0.3) is 5.91 Å². The van der Waals surface area contributed by atoms with Crippen molar-refractivity contribution in [3.8, 4) is 5.69 Å². The number of benzene rings is 1. The number of nitrogens with two attached hydrogens (primary N) is 1. The van der Waals surface area contributed by atoms with E-state index in [9.17, 15) is 4.79 Å². The molecule has 5 nitrogen and oxygen atoms in total. The number of nitrogens with zero attached hydrogens (tertiary/aromatic N) is 2. The molecule has 0 aliphatic heterocycles. The van der Waals surface area contributed by atoms with Crippen LogP contribution in [0.1, 0.15) is 47.6 Å². The minimum Gasteiger partial charge on any atom is -0.344 e. The zero-order valence-electron chi connectivity index (χ0n) is 14.0. The molecule has 3 N–H and O–H groups in total. The number of nitrogens with one attached hydrogen (secondary N) is 1. The molecule has 0 saturated heterocycles. The van der Waals surface area contributed by atoms with E-state index < -0.39 is 5.54 Å². The fraction of sp³-hybridized carbons (Fsp3) is 0.444. The summed E-state index contributed by atoms with van der Waals surface area (Å²) in [6.07, 6.45) is 2.94. The summed E-state index contributed by atoms with van der Waals surface area (Å²) in [6, 6.07) is 8.23. The van der Waals surface area contributed by atoms with E-state index in [4.69, 9.17) is 5.73 Å². The van der Waals surface area contributed by atoms with Crippen LogP contribution in [0.2, 0.25) is 0 Å². The molecule has 3 rings (SSSR count). The summed E-state index contributed by atoms with van der Waals surface area (Å²) in [4.78, 5) is 12.6. The molecule has 1 aromatic carbocycles. The van der Waals surface area contributed by atoms with Crippen molar-refractivity contribution in [3.63, 3.8) is 0 Å². The Labute approximate surface area is 136 Å². The molecule has 2 aromatic rings. The van der Waals surface area contributed by atoms with Crippen LogP contribution in [0.15, 0.2) is 24.3 Å². The van der Waals surface area contributed by atoms with E-state index in [0.29, 0.717) is 12.2 Å². The topological polar surface area (TPSA) is 72.9 Å². The minimum absolute atomic E-state index is 0.135. The summed E-state index contributed by atoms with van der Waals surface area (Å²) in [7, 11) is 0. The highest BCUT2D eigenvalue weighted by molar-refractivity contribution is 5.94. The maximum absolute atomic E-state index is 12.6. The molecular weight excluding hydrogens is 288 g/mol. The van der Waals surface area contributed by atoms with Crippen LogP contribution < -0.4 is 11.1 Å². The van der Waals surface area contributed by atoms with Gasteiger partial charge in [-0.05, 0) is 52.2 Å². The molecule has 0 bridgehead atoms. The summed E-state index contributed by atoms with van der Waals surface area (Å²) < 4.78 is 1.92. The third kappa shape index (κ3) is 3.01. The molecule has 0 spiro atoms. The standard InChI is InChI=1S/C18H24N4O/c1-12-7-9-13(10-8-12)22-15-6-4-5-14(15)16(21-22)17(23)20-18(2,3)11-19/h7-10H,4-6,11,19H2,1-3H3,(H,20,23). The lowest BCUT2D eigenvalue weighted by Gasteiger charge is -2.23. The molecule has 5 heteroatoms. The first kappa shape index (κ1) is 15.7. The summed E-state index contributed by atoms with van der Waals surface area (Å²) in [6.45, 7) is 6.29. The Bertz CT molecular complexity index is 728. The van der Waals surface area contributed by atoms with Gasteiger partial charge in [-0.1, -0.05) is 17.7 Å². The van der Waals surface area contributed by atoms with Crippen LogP contribution in [0.3, 0.4) is 0 Å². The van der Waals surface area contributed by atoms with Gasteiger partial charge in [0.05, 0.1) is 5.69 Å². The lowest BCUT2D eigenvalue weighted by molar-refractivity contribution is 0.0909. The lowest BCUT2D eigenvalue weighted by atomic mass is 10.1. The van der Waals surface area contributed by atoms with Crippen LogP contribution in [-0.4, -0.2) is 27.8 Å². The molecule has 0 fully saturated rings. The fourth-order valence-corrected chi connectivity index (χ4v) is 2.94. The minimum atomic E-state index is -0.434. The largest absolute Gasteiger partial charge is 0.344 e. The zero-order valence-corrected chi connectivity index (χ0v) is 14.0. The highest BCUT2D eigenvalue weighted by atomic mass is 16.2. The van der Waals surface area contributed by atoms with Gasteiger partial charge in [0, 0.05) is 23.3 Å². The molecule has 1 aliphatic carbocycles. The van der Waals surface area contributed by atoms with Gasteiger partial charge in [-0.15, -0.1) is 0 Å². The number of hydrogen-bond donors (Lipinski definition) is 2. The number of fused-ring (bicyclic) bond motifs is 1. The first-order valence-electron chi connectivity index (χ1n) is 8.12. The number of carbonyl (C=O) groups is 1. The summed E-state index contributed by atoms with van der Waals surface area (Å²) in [5, 5.41) is 7.60. The molecule has 1 aliphatic rings.